The molecule has 0 nitrogen and oxygen atoms in total. The van der Waals surface area contributed by atoms with Gasteiger partial charge in [0.1, 0.15) is 0 Å². The first-order valence-electron chi connectivity index (χ1n) is 10.9. The van der Waals surface area contributed by atoms with Crippen LogP contribution in [0.5, 0.6) is 0 Å². The minimum atomic E-state index is 0.883. The summed E-state index contributed by atoms with van der Waals surface area (Å²) in [5, 5.41) is 0. The molecule has 0 fully saturated rings. The van der Waals surface area contributed by atoms with Crippen molar-refractivity contribution in [3.8, 4) is 0 Å². The fourth-order valence-electron chi connectivity index (χ4n) is 3.54. The molecule has 1 aromatic carbocycles. The number of benzene rings is 1. The molecule has 0 aliphatic rings. The molecule has 1 unspecified atom stereocenters. The summed E-state index contributed by atoms with van der Waals surface area (Å²) >= 11 is 0. The van der Waals surface area contributed by atoms with E-state index in [4.69, 9.17) is 0 Å². The number of hydrogen-bond donors (Lipinski definition) is 0. The van der Waals surface area contributed by atoms with E-state index in [2.05, 4.69) is 44.2 Å². The molecule has 0 radical (unpaired) electrons. The first-order valence-corrected chi connectivity index (χ1v) is 10.9. The van der Waals surface area contributed by atoms with Crippen LogP contribution >= 0.6 is 0 Å². The second-order valence-corrected chi connectivity index (χ2v) is 7.81. The van der Waals surface area contributed by atoms with Crippen molar-refractivity contribution >= 4 is 0 Å². The molecule has 0 bridgehead atoms. The molecule has 0 heteroatoms. The molecule has 0 N–H and O–H groups in total. The summed E-state index contributed by atoms with van der Waals surface area (Å²) in [4.78, 5) is 0. The normalized spacial score (nSPS) is 12.4. The Kier molecular flexibility index (Phi) is 13.9. The molecule has 0 spiro atoms. The largest absolute Gasteiger partial charge is 0.0654 e. The first kappa shape index (κ1) is 21.3. The second-order valence-electron chi connectivity index (χ2n) is 7.81. The van der Waals surface area contributed by atoms with E-state index < -0.39 is 0 Å². The summed E-state index contributed by atoms with van der Waals surface area (Å²) in [7, 11) is 0. The zero-order valence-corrected chi connectivity index (χ0v) is 16.6. The maximum atomic E-state index is 2.43. The molecule has 24 heavy (non-hydrogen) atoms. The lowest BCUT2D eigenvalue weighted by atomic mass is 9.95. The molecular formula is C24H42. The predicted molar refractivity (Wildman–Crippen MR) is 110 cm³/mol. The zero-order chi connectivity index (χ0) is 17.3. The van der Waals surface area contributed by atoms with Gasteiger partial charge in [-0.3, -0.25) is 0 Å². The molecule has 0 aliphatic heterocycles. The van der Waals surface area contributed by atoms with Crippen LogP contribution in [0.25, 0.3) is 0 Å². The van der Waals surface area contributed by atoms with Gasteiger partial charge in [-0.1, -0.05) is 128 Å². The molecule has 1 aromatic rings. The fourth-order valence-corrected chi connectivity index (χ4v) is 3.54. The van der Waals surface area contributed by atoms with E-state index in [9.17, 15) is 0 Å². The highest BCUT2D eigenvalue weighted by Crippen LogP contribution is 2.17. The third-order valence-electron chi connectivity index (χ3n) is 5.32. The van der Waals surface area contributed by atoms with Crippen molar-refractivity contribution in [1.82, 2.24) is 0 Å². The maximum absolute atomic E-state index is 2.43. The number of rotatable bonds is 16. The average molecular weight is 331 g/mol. The van der Waals surface area contributed by atoms with Gasteiger partial charge in [-0.25, -0.2) is 0 Å². The average Bonchev–Trinajstić information content (AvgIpc) is 2.62. The van der Waals surface area contributed by atoms with Crippen molar-refractivity contribution in [3.63, 3.8) is 0 Å². The molecule has 0 saturated heterocycles. The third kappa shape index (κ3) is 12.6. The van der Waals surface area contributed by atoms with E-state index in [1.165, 1.54) is 102 Å². The summed E-state index contributed by atoms with van der Waals surface area (Å²) in [5.41, 5.74) is 1.50. The van der Waals surface area contributed by atoms with E-state index in [1.807, 2.05) is 0 Å². The third-order valence-corrected chi connectivity index (χ3v) is 5.32. The van der Waals surface area contributed by atoms with Crippen LogP contribution in [0.15, 0.2) is 30.3 Å². The molecule has 0 amide bonds. The lowest BCUT2D eigenvalue weighted by Crippen LogP contribution is -1.97. The molecule has 1 atom stereocenters. The number of hydrogen-bond acceptors (Lipinski definition) is 0. The van der Waals surface area contributed by atoms with E-state index in [-0.39, 0.29) is 0 Å². The zero-order valence-electron chi connectivity index (χ0n) is 16.6. The van der Waals surface area contributed by atoms with Crippen LogP contribution in [0.4, 0.5) is 0 Å². The van der Waals surface area contributed by atoms with Crippen LogP contribution in [0, 0.1) is 5.92 Å². The molecule has 138 valence electrons. The Morgan fingerprint density at radius 1 is 0.625 bits per heavy atom. The van der Waals surface area contributed by atoms with Crippen molar-refractivity contribution in [1.29, 1.82) is 0 Å². The fraction of sp³-hybridized carbons (Fsp3) is 0.750. The van der Waals surface area contributed by atoms with Gasteiger partial charge in [0.2, 0.25) is 0 Å². The lowest BCUT2D eigenvalue weighted by molar-refractivity contribution is 0.454. The summed E-state index contributed by atoms with van der Waals surface area (Å²) in [6.07, 6.45) is 21.4. The van der Waals surface area contributed by atoms with Gasteiger partial charge in [-0.05, 0) is 24.3 Å². The lowest BCUT2D eigenvalue weighted by Gasteiger charge is -2.11. The Hall–Kier alpha value is -0.780. The molecule has 0 saturated carbocycles. The highest BCUT2D eigenvalue weighted by Gasteiger charge is 2.03. The SMILES string of the molecule is CCCCCCCCCCCCCCC(C)CCc1ccccc1. The van der Waals surface area contributed by atoms with Gasteiger partial charge in [0.15, 0.2) is 0 Å². The van der Waals surface area contributed by atoms with Crippen LogP contribution in [0.1, 0.15) is 109 Å². The summed E-state index contributed by atoms with van der Waals surface area (Å²) in [6.45, 7) is 4.73. The molecule has 0 heterocycles. The Balaban J connectivity index is 1.81. The van der Waals surface area contributed by atoms with Crippen molar-refractivity contribution in [2.75, 3.05) is 0 Å². The Bertz CT molecular complexity index is 354. The monoisotopic (exact) mass is 330 g/mol. The van der Waals surface area contributed by atoms with Crippen molar-refractivity contribution in [2.24, 2.45) is 5.92 Å². The highest BCUT2D eigenvalue weighted by molar-refractivity contribution is 5.14. The van der Waals surface area contributed by atoms with Crippen molar-refractivity contribution < 1.29 is 0 Å². The van der Waals surface area contributed by atoms with Crippen LogP contribution in [0.2, 0.25) is 0 Å². The van der Waals surface area contributed by atoms with Gasteiger partial charge >= 0.3 is 0 Å². The van der Waals surface area contributed by atoms with Crippen LogP contribution in [-0.4, -0.2) is 0 Å². The number of unbranched alkanes of at least 4 members (excludes halogenated alkanes) is 11. The van der Waals surface area contributed by atoms with Gasteiger partial charge in [-0.15, -0.1) is 0 Å². The minimum absolute atomic E-state index is 0.883. The van der Waals surface area contributed by atoms with Crippen molar-refractivity contribution in [2.45, 2.75) is 110 Å². The molecule has 0 aromatic heterocycles. The Labute approximate surface area is 152 Å². The van der Waals surface area contributed by atoms with E-state index in [0.29, 0.717) is 0 Å². The smallest absolute Gasteiger partial charge is 0.0276 e. The quantitative estimate of drug-likeness (QED) is 0.267. The van der Waals surface area contributed by atoms with Gasteiger partial charge < -0.3 is 0 Å². The molecule has 0 aliphatic carbocycles. The first-order chi connectivity index (χ1) is 11.8. The topological polar surface area (TPSA) is 0 Å². The molecule has 1 rings (SSSR count). The summed E-state index contributed by atoms with van der Waals surface area (Å²) in [5.74, 6) is 0.883. The van der Waals surface area contributed by atoms with Gasteiger partial charge in [0.25, 0.3) is 0 Å². The Morgan fingerprint density at radius 3 is 1.67 bits per heavy atom. The van der Waals surface area contributed by atoms with Crippen LogP contribution < -0.4 is 0 Å². The predicted octanol–water partition coefficient (Wildman–Crippen LogP) is 8.35. The standard InChI is InChI=1S/C24H42/c1-3-4-5-6-7-8-9-10-11-12-13-15-18-23(2)21-22-24-19-16-14-17-20-24/h14,16-17,19-20,23H,3-13,15,18,21-22H2,1-2H3. The summed E-state index contributed by atoms with van der Waals surface area (Å²) in [6, 6.07) is 10.9. The van der Waals surface area contributed by atoms with Crippen LogP contribution in [-0.2, 0) is 6.42 Å². The maximum Gasteiger partial charge on any atom is -0.0276 e. The van der Waals surface area contributed by atoms with E-state index >= 15 is 0 Å². The van der Waals surface area contributed by atoms with Gasteiger partial charge in [0, 0.05) is 0 Å². The van der Waals surface area contributed by atoms with E-state index in [1.54, 1.807) is 0 Å². The highest BCUT2D eigenvalue weighted by atomic mass is 14.1. The van der Waals surface area contributed by atoms with Crippen molar-refractivity contribution in [3.05, 3.63) is 35.9 Å². The van der Waals surface area contributed by atoms with Gasteiger partial charge in [0.05, 0.1) is 0 Å². The number of aryl methyl sites for hydroxylation is 1. The van der Waals surface area contributed by atoms with Crippen LogP contribution in [0.3, 0.4) is 0 Å². The van der Waals surface area contributed by atoms with E-state index in [0.717, 1.165) is 5.92 Å². The minimum Gasteiger partial charge on any atom is -0.0654 e. The molecular weight excluding hydrogens is 288 g/mol. The van der Waals surface area contributed by atoms with Gasteiger partial charge in [-0.2, -0.15) is 0 Å². The summed E-state index contributed by atoms with van der Waals surface area (Å²) < 4.78 is 0. The Morgan fingerprint density at radius 2 is 1.12 bits per heavy atom. The second kappa shape index (κ2) is 15.7.